The van der Waals surface area contributed by atoms with Gasteiger partial charge in [0, 0.05) is 41.1 Å². The molecule has 28 heavy (non-hydrogen) atoms. The molecule has 140 valence electrons. The molecule has 3 aromatic rings. The highest BCUT2D eigenvalue weighted by Crippen LogP contribution is 2.24. The van der Waals surface area contributed by atoms with Crippen molar-refractivity contribution in [1.82, 2.24) is 15.0 Å². The average Bonchev–Trinajstić information content (AvgIpc) is 2.70. The number of hydrogen-bond donors (Lipinski definition) is 2. The number of nitrogens with zero attached hydrogens (tertiary/aromatic N) is 3. The molecule has 1 aromatic carbocycles. The molecule has 3 rings (SSSR count). The maximum absolute atomic E-state index is 12.2. The van der Waals surface area contributed by atoms with Crippen LogP contribution in [0.4, 0.5) is 17.3 Å². The monoisotopic (exact) mass is 371 g/mol. The van der Waals surface area contributed by atoms with Gasteiger partial charge >= 0.3 is 0 Å². The van der Waals surface area contributed by atoms with Crippen LogP contribution in [-0.4, -0.2) is 20.9 Å². The molecule has 0 bridgehead atoms. The Morgan fingerprint density at radius 3 is 2.64 bits per heavy atom. The Hall–Kier alpha value is -3.80. The van der Waals surface area contributed by atoms with Gasteiger partial charge in [-0.1, -0.05) is 19.2 Å². The highest BCUT2D eigenvalue weighted by molar-refractivity contribution is 6.06. The van der Waals surface area contributed by atoms with Crippen molar-refractivity contribution in [2.24, 2.45) is 0 Å². The Balaban J connectivity index is 1.82. The van der Waals surface area contributed by atoms with Crippen LogP contribution in [0.3, 0.4) is 0 Å². The number of rotatable bonds is 6. The molecule has 6 heteroatoms. The van der Waals surface area contributed by atoms with Gasteiger partial charge in [-0.25, -0.2) is 9.97 Å². The normalized spacial score (nSPS) is 10.2. The number of benzene rings is 1. The fraction of sp³-hybridized carbons (Fsp3) is 0.0909. The van der Waals surface area contributed by atoms with E-state index in [0.717, 1.165) is 22.5 Å². The van der Waals surface area contributed by atoms with Gasteiger partial charge in [0.05, 0.1) is 5.69 Å². The molecular weight excluding hydrogens is 350 g/mol. The summed E-state index contributed by atoms with van der Waals surface area (Å²) in [4.78, 5) is 25.1. The standard InChI is InChI=1S/C22H21N5O/c1-14(2)16(4)21(28)25-18-8-7-15(3)20(12-18)27-22-24-11-9-19(26-22)17-6-5-10-23-13-17/h5-13H,1,4H2,2-3H3,(H,25,28)(H,24,26,27). The molecule has 0 spiro atoms. The molecule has 0 radical (unpaired) electrons. The van der Waals surface area contributed by atoms with E-state index in [1.807, 2.05) is 43.3 Å². The first-order chi connectivity index (χ1) is 13.4. The van der Waals surface area contributed by atoms with Crippen LogP contribution in [0.2, 0.25) is 0 Å². The minimum Gasteiger partial charge on any atom is -0.324 e. The second-order valence-corrected chi connectivity index (χ2v) is 6.37. The van der Waals surface area contributed by atoms with Gasteiger partial charge in [-0.05, 0) is 55.3 Å². The molecule has 0 saturated carbocycles. The van der Waals surface area contributed by atoms with Crippen LogP contribution in [0.1, 0.15) is 12.5 Å². The highest BCUT2D eigenvalue weighted by atomic mass is 16.1. The lowest BCUT2D eigenvalue weighted by atomic mass is 10.1. The first-order valence-electron chi connectivity index (χ1n) is 8.71. The zero-order chi connectivity index (χ0) is 20.1. The summed E-state index contributed by atoms with van der Waals surface area (Å²) >= 11 is 0. The number of carbonyl (C=O) groups is 1. The lowest BCUT2D eigenvalue weighted by molar-refractivity contribution is -0.112. The number of carbonyl (C=O) groups excluding carboxylic acids is 1. The second kappa shape index (κ2) is 8.26. The molecule has 6 nitrogen and oxygen atoms in total. The minimum atomic E-state index is -0.280. The van der Waals surface area contributed by atoms with E-state index in [1.54, 1.807) is 25.5 Å². The van der Waals surface area contributed by atoms with Crippen LogP contribution >= 0.6 is 0 Å². The number of amides is 1. The molecule has 1 amide bonds. The maximum atomic E-state index is 12.2. The summed E-state index contributed by atoms with van der Waals surface area (Å²) in [6.45, 7) is 11.2. The van der Waals surface area contributed by atoms with Gasteiger partial charge in [0.15, 0.2) is 0 Å². The summed E-state index contributed by atoms with van der Waals surface area (Å²) in [5, 5.41) is 6.04. The van der Waals surface area contributed by atoms with Crippen molar-refractivity contribution in [3.63, 3.8) is 0 Å². The number of anilines is 3. The largest absolute Gasteiger partial charge is 0.324 e. The first kappa shape index (κ1) is 19.0. The quantitative estimate of drug-likeness (QED) is 0.486. The second-order valence-electron chi connectivity index (χ2n) is 6.37. The van der Waals surface area contributed by atoms with Gasteiger partial charge in [0.25, 0.3) is 5.91 Å². The average molecular weight is 371 g/mol. The highest BCUT2D eigenvalue weighted by Gasteiger charge is 2.10. The number of aryl methyl sites for hydroxylation is 1. The molecule has 2 N–H and O–H groups in total. The zero-order valence-electron chi connectivity index (χ0n) is 15.9. The third-order valence-corrected chi connectivity index (χ3v) is 4.14. The van der Waals surface area contributed by atoms with E-state index in [9.17, 15) is 4.79 Å². The number of hydrogen-bond acceptors (Lipinski definition) is 5. The van der Waals surface area contributed by atoms with Crippen molar-refractivity contribution in [2.45, 2.75) is 13.8 Å². The van der Waals surface area contributed by atoms with E-state index in [4.69, 9.17) is 0 Å². The van der Waals surface area contributed by atoms with Gasteiger partial charge in [-0.2, -0.15) is 0 Å². The predicted octanol–water partition coefficient (Wildman–Crippen LogP) is 4.66. The third-order valence-electron chi connectivity index (χ3n) is 4.14. The summed E-state index contributed by atoms with van der Waals surface area (Å²) in [6, 6.07) is 11.2. The van der Waals surface area contributed by atoms with E-state index >= 15 is 0 Å². The summed E-state index contributed by atoms with van der Waals surface area (Å²) in [6.07, 6.45) is 5.16. The minimum absolute atomic E-state index is 0.280. The Morgan fingerprint density at radius 1 is 1.11 bits per heavy atom. The summed E-state index contributed by atoms with van der Waals surface area (Å²) in [5.41, 5.74) is 5.08. The van der Waals surface area contributed by atoms with Crippen LogP contribution in [0.15, 0.2) is 79.3 Å². The van der Waals surface area contributed by atoms with E-state index in [-0.39, 0.29) is 5.91 Å². The molecule has 0 aliphatic rings. The molecule has 2 aromatic heterocycles. The lowest BCUT2D eigenvalue weighted by Gasteiger charge is -2.12. The topological polar surface area (TPSA) is 79.8 Å². The number of pyridine rings is 1. The van der Waals surface area contributed by atoms with Gasteiger partial charge in [-0.15, -0.1) is 0 Å². The molecule has 0 aliphatic carbocycles. The number of aromatic nitrogens is 3. The molecule has 0 fully saturated rings. The Bertz CT molecular complexity index is 1040. The summed E-state index contributed by atoms with van der Waals surface area (Å²) in [7, 11) is 0. The van der Waals surface area contributed by atoms with Gasteiger partial charge in [-0.3, -0.25) is 9.78 Å². The Labute approximate surface area is 164 Å². The SMILES string of the molecule is C=C(C)C(=C)C(=O)Nc1ccc(C)c(Nc2nccc(-c3cccnc3)n2)c1. The van der Waals surface area contributed by atoms with E-state index in [1.165, 1.54) is 0 Å². The maximum Gasteiger partial charge on any atom is 0.255 e. The zero-order valence-corrected chi connectivity index (χ0v) is 15.9. The summed E-state index contributed by atoms with van der Waals surface area (Å²) < 4.78 is 0. The van der Waals surface area contributed by atoms with Crippen molar-refractivity contribution in [3.8, 4) is 11.3 Å². The van der Waals surface area contributed by atoms with Crippen molar-refractivity contribution in [3.05, 3.63) is 84.9 Å². The van der Waals surface area contributed by atoms with Crippen molar-refractivity contribution >= 4 is 23.2 Å². The van der Waals surface area contributed by atoms with E-state index < -0.39 is 0 Å². The molecule has 0 saturated heterocycles. The van der Waals surface area contributed by atoms with Crippen molar-refractivity contribution in [2.75, 3.05) is 10.6 Å². The van der Waals surface area contributed by atoms with Crippen LogP contribution in [-0.2, 0) is 4.79 Å². The van der Waals surface area contributed by atoms with Crippen LogP contribution in [0, 0.1) is 6.92 Å². The van der Waals surface area contributed by atoms with E-state index in [0.29, 0.717) is 22.8 Å². The predicted molar refractivity (Wildman–Crippen MR) is 112 cm³/mol. The van der Waals surface area contributed by atoms with Gasteiger partial charge < -0.3 is 10.6 Å². The molecule has 2 heterocycles. The van der Waals surface area contributed by atoms with E-state index in [2.05, 4.69) is 38.7 Å². The fourth-order valence-corrected chi connectivity index (χ4v) is 2.45. The fourth-order valence-electron chi connectivity index (χ4n) is 2.45. The molecular formula is C22H21N5O. The Morgan fingerprint density at radius 2 is 1.93 bits per heavy atom. The van der Waals surface area contributed by atoms with Crippen LogP contribution < -0.4 is 10.6 Å². The lowest BCUT2D eigenvalue weighted by Crippen LogP contribution is -2.14. The smallest absolute Gasteiger partial charge is 0.255 e. The van der Waals surface area contributed by atoms with Crippen molar-refractivity contribution in [1.29, 1.82) is 0 Å². The summed E-state index contributed by atoms with van der Waals surface area (Å²) in [5.74, 6) is 0.177. The molecule has 0 unspecified atom stereocenters. The molecule has 0 atom stereocenters. The van der Waals surface area contributed by atoms with Crippen LogP contribution in [0.25, 0.3) is 11.3 Å². The van der Waals surface area contributed by atoms with Gasteiger partial charge in [0.1, 0.15) is 0 Å². The van der Waals surface area contributed by atoms with Gasteiger partial charge in [0.2, 0.25) is 5.95 Å². The van der Waals surface area contributed by atoms with Crippen molar-refractivity contribution < 1.29 is 4.79 Å². The Kier molecular flexibility index (Phi) is 5.60. The molecule has 0 aliphatic heterocycles. The first-order valence-corrected chi connectivity index (χ1v) is 8.71. The number of nitrogens with one attached hydrogen (secondary N) is 2. The van der Waals surface area contributed by atoms with Crippen LogP contribution in [0.5, 0.6) is 0 Å². The third kappa shape index (κ3) is 4.48.